The van der Waals surface area contributed by atoms with Gasteiger partial charge in [0, 0.05) is 7.05 Å². The average molecular weight is 247 g/mol. The van der Waals surface area contributed by atoms with Gasteiger partial charge in [-0.15, -0.1) is 0 Å². The van der Waals surface area contributed by atoms with Crippen molar-refractivity contribution in [3.05, 3.63) is 51.7 Å². The first-order chi connectivity index (χ1) is 8.49. The maximum absolute atomic E-state index is 11.6. The van der Waals surface area contributed by atoms with E-state index in [2.05, 4.69) is 5.10 Å². The van der Waals surface area contributed by atoms with Crippen LogP contribution in [-0.2, 0) is 13.6 Å². The Kier molecular flexibility index (Phi) is 3.34. The van der Waals surface area contributed by atoms with Crippen LogP contribution in [0.5, 0.6) is 0 Å². The van der Waals surface area contributed by atoms with Gasteiger partial charge in [-0.25, -0.2) is 9.48 Å². The summed E-state index contributed by atoms with van der Waals surface area (Å²) in [5.41, 5.74) is 2.88. The van der Waals surface area contributed by atoms with E-state index in [4.69, 9.17) is 0 Å². The summed E-state index contributed by atoms with van der Waals surface area (Å²) in [6.07, 6.45) is 0.715. The smallest absolute Gasteiger partial charge is 0.345 e. The number of nitrogens with zero attached hydrogens (tertiary/aromatic N) is 3. The molecule has 1 aromatic carbocycles. The van der Waals surface area contributed by atoms with Crippen LogP contribution in [0, 0.1) is 13.8 Å². The maximum Gasteiger partial charge on any atom is 0.345 e. The molecule has 0 spiro atoms. The third-order valence-electron chi connectivity index (χ3n) is 3.15. The minimum absolute atomic E-state index is 0.169. The molecule has 1 aromatic heterocycles. The summed E-state index contributed by atoms with van der Waals surface area (Å²) in [6, 6.07) is 5.78. The molecule has 0 fully saturated rings. The lowest BCUT2D eigenvalue weighted by atomic mass is 10.0. The van der Waals surface area contributed by atoms with E-state index in [9.17, 15) is 9.90 Å². The van der Waals surface area contributed by atoms with Crippen LogP contribution >= 0.6 is 0 Å². The Morgan fingerprint density at radius 1 is 1.33 bits per heavy atom. The molecule has 0 aliphatic carbocycles. The molecule has 0 saturated carbocycles. The molecule has 1 unspecified atom stereocenters. The van der Waals surface area contributed by atoms with Crippen LogP contribution in [0.15, 0.2) is 29.3 Å². The van der Waals surface area contributed by atoms with Gasteiger partial charge in [0.15, 0.2) is 0 Å². The van der Waals surface area contributed by atoms with Crippen molar-refractivity contribution in [3.8, 4) is 0 Å². The van der Waals surface area contributed by atoms with Gasteiger partial charge >= 0.3 is 5.69 Å². The van der Waals surface area contributed by atoms with Crippen LogP contribution in [0.2, 0.25) is 0 Å². The molecule has 5 nitrogen and oxygen atoms in total. The predicted molar refractivity (Wildman–Crippen MR) is 68.3 cm³/mol. The summed E-state index contributed by atoms with van der Waals surface area (Å²) in [6.45, 7) is 4.19. The van der Waals surface area contributed by atoms with E-state index in [1.165, 1.54) is 21.1 Å². The molecule has 0 aliphatic rings. The Balaban J connectivity index is 2.21. The van der Waals surface area contributed by atoms with E-state index in [0.29, 0.717) is 0 Å². The Labute approximate surface area is 105 Å². The van der Waals surface area contributed by atoms with Crippen molar-refractivity contribution in [2.45, 2.75) is 26.5 Å². The van der Waals surface area contributed by atoms with Crippen molar-refractivity contribution in [2.24, 2.45) is 7.05 Å². The Bertz CT molecular complexity index is 613. The van der Waals surface area contributed by atoms with Crippen LogP contribution < -0.4 is 5.69 Å². The Morgan fingerprint density at radius 3 is 2.61 bits per heavy atom. The van der Waals surface area contributed by atoms with Gasteiger partial charge in [0.2, 0.25) is 0 Å². The summed E-state index contributed by atoms with van der Waals surface area (Å²) in [5.74, 6) is 0. The summed E-state index contributed by atoms with van der Waals surface area (Å²) >= 11 is 0. The lowest BCUT2D eigenvalue weighted by Gasteiger charge is -2.12. The zero-order chi connectivity index (χ0) is 13.3. The molecule has 2 aromatic rings. The number of aryl methyl sites for hydroxylation is 3. The standard InChI is InChI=1S/C13H17N3O2/c1-9-4-5-11(6-10(9)2)12(17)7-16-13(18)15(3)8-14-16/h4-6,8,12,17H,7H2,1-3H3. The molecular formula is C13H17N3O2. The van der Waals surface area contributed by atoms with Gasteiger partial charge in [0.1, 0.15) is 6.33 Å². The highest BCUT2D eigenvalue weighted by Gasteiger charge is 2.12. The van der Waals surface area contributed by atoms with Gasteiger partial charge < -0.3 is 5.11 Å². The summed E-state index contributed by atoms with van der Waals surface area (Å²) < 4.78 is 2.65. The van der Waals surface area contributed by atoms with Crippen molar-refractivity contribution >= 4 is 0 Å². The summed E-state index contributed by atoms with van der Waals surface area (Å²) in [5, 5.41) is 14.0. The number of aliphatic hydroxyl groups excluding tert-OH is 1. The van der Waals surface area contributed by atoms with Crippen molar-refractivity contribution < 1.29 is 5.11 Å². The number of aromatic nitrogens is 3. The molecule has 0 radical (unpaired) electrons. The summed E-state index contributed by atoms with van der Waals surface area (Å²) in [7, 11) is 1.63. The van der Waals surface area contributed by atoms with Crippen molar-refractivity contribution in [1.82, 2.24) is 14.3 Å². The van der Waals surface area contributed by atoms with Crippen LogP contribution in [0.4, 0.5) is 0 Å². The fourth-order valence-corrected chi connectivity index (χ4v) is 1.79. The second-order valence-electron chi connectivity index (χ2n) is 4.57. The second kappa shape index (κ2) is 4.78. The van der Waals surface area contributed by atoms with E-state index in [0.717, 1.165) is 11.1 Å². The highest BCUT2D eigenvalue weighted by Crippen LogP contribution is 2.17. The molecule has 1 heterocycles. The fourth-order valence-electron chi connectivity index (χ4n) is 1.79. The molecule has 1 N–H and O–H groups in total. The normalized spacial score (nSPS) is 12.7. The fraction of sp³-hybridized carbons (Fsp3) is 0.385. The number of rotatable bonds is 3. The molecule has 5 heteroatoms. The molecule has 96 valence electrons. The minimum atomic E-state index is -0.725. The van der Waals surface area contributed by atoms with Gasteiger partial charge in [-0.05, 0) is 30.5 Å². The largest absolute Gasteiger partial charge is 0.386 e. The maximum atomic E-state index is 11.6. The monoisotopic (exact) mass is 247 g/mol. The van der Waals surface area contributed by atoms with Crippen molar-refractivity contribution in [2.75, 3.05) is 0 Å². The highest BCUT2D eigenvalue weighted by molar-refractivity contribution is 5.30. The van der Waals surface area contributed by atoms with Crippen LogP contribution in [0.25, 0.3) is 0 Å². The molecule has 0 aliphatic heterocycles. The SMILES string of the molecule is Cc1ccc(C(O)Cn2ncn(C)c2=O)cc1C. The van der Waals surface area contributed by atoms with E-state index in [1.54, 1.807) is 7.05 Å². The molecule has 18 heavy (non-hydrogen) atoms. The van der Waals surface area contributed by atoms with Crippen molar-refractivity contribution in [3.63, 3.8) is 0 Å². The molecule has 0 amide bonds. The Hall–Kier alpha value is -1.88. The number of aliphatic hydroxyl groups is 1. The Morgan fingerprint density at radius 2 is 2.06 bits per heavy atom. The van der Waals surface area contributed by atoms with Gasteiger partial charge in [0.25, 0.3) is 0 Å². The van der Waals surface area contributed by atoms with Crippen LogP contribution in [0.3, 0.4) is 0 Å². The lowest BCUT2D eigenvalue weighted by molar-refractivity contribution is 0.149. The third-order valence-corrected chi connectivity index (χ3v) is 3.15. The van der Waals surface area contributed by atoms with E-state index >= 15 is 0 Å². The topological polar surface area (TPSA) is 60.0 Å². The van der Waals surface area contributed by atoms with E-state index in [1.807, 2.05) is 32.0 Å². The van der Waals surface area contributed by atoms with Gasteiger partial charge in [-0.1, -0.05) is 18.2 Å². The second-order valence-corrected chi connectivity index (χ2v) is 4.57. The number of hydrogen-bond acceptors (Lipinski definition) is 3. The molecular weight excluding hydrogens is 230 g/mol. The summed E-state index contributed by atoms with van der Waals surface area (Å²) in [4.78, 5) is 11.6. The number of benzene rings is 1. The van der Waals surface area contributed by atoms with Crippen molar-refractivity contribution in [1.29, 1.82) is 0 Å². The first-order valence-electron chi connectivity index (χ1n) is 5.82. The molecule has 1 atom stereocenters. The quantitative estimate of drug-likeness (QED) is 0.877. The average Bonchev–Trinajstić information content (AvgIpc) is 2.64. The molecule has 0 bridgehead atoms. The van der Waals surface area contributed by atoms with Crippen LogP contribution in [-0.4, -0.2) is 19.5 Å². The van der Waals surface area contributed by atoms with E-state index in [-0.39, 0.29) is 12.2 Å². The lowest BCUT2D eigenvalue weighted by Crippen LogP contribution is -2.25. The predicted octanol–water partition coefficient (Wildman–Crippen LogP) is 0.932. The third kappa shape index (κ3) is 2.36. The first kappa shape index (κ1) is 12.6. The zero-order valence-corrected chi connectivity index (χ0v) is 10.8. The van der Waals surface area contributed by atoms with Gasteiger partial charge in [-0.3, -0.25) is 4.57 Å². The number of hydrogen-bond donors (Lipinski definition) is 1. The highest BCUT2D eigenvalue weighted by atomic mass is 16.3. The van der Waals surface area contributed by atoms with Crippen LogP contribution in [0.1, 0.15) is 22.8 Å². The van der Waals surface area contributed by atoms with Gasteiger partial charge in [0.05, 0.1) is 12.6 Å². The molecule has 0 saturated heterocycles. The van der Waals surface area contributed by atoms with Gasteiger partial charge in [-0.2, -0.15) is 5.10 Å². The zero-order valence-electron chi connectivity index (χ0n) is 10.8. The van der Waals surface area contributed by atoms with E-state index < -0.39 is 6.10 Å². The minimum Gasteiger partial charge on any atom is -0.386 e. The molecule has 2 rings (SSSR count). The first-order valence-corrected chi connectivity index (χ1v) is 5.82.